The van der Waals surface area contributed by atoms with Gasteiger partial charge in [0.05, 0.1) is 6.61 Å². The molecule has 1 aromatic heterocycles. The summed E-state index contributed by atoms with van der Waals surface area (Å²) in [6.07, 6.45) is 1.09. The summed E-state index contributed by atoms with van der Waals surface area (Å²) in [6.45, 7) is 4.80. The Balaban J connectivity index is 2.56. The van der Waals surface area contributed by atoms with Crippen molar-refractivity contribution in [1.29, 1.82) is 0 Å². The lowest BCUT2D eigenvalue weighted by Gasteiger charge is -2.19. The summed E-state index contributed by atoms with van der Waals surface area (Å²) in [5.74, 6) is 5.53. The highest BCUT2D eigenvalue weighted by atomic mass is 32.1. The van der Waals surface area contributed by atoms with E-state index < -0.39 is 0 Å². The first-order valence-corrected chi connectivity index (χ1v) is 6.68. The first-order valence-electron chi connectivity index (χ1n) is 5.80. The Morgan fingerprint density at radius 1 is 1.35 bits per heavy atom. The molecule has 1 heterocycles. The molecule has 0 atom stereocenters. The average Bonchev–Trinajstić information content (AvgIpc) is 2.75. The summed E-state index contributed by atoms with van der Waals surface area (Å²) in [7, 11) is 0. The second-order valence-corrected chi connectivity index (χ2v) is 4.76. The number of aliphatic hydroxyl groups excluding tert-OH is 2. The number of thiophene rings is 1. The molecule has 17 heavy (non-hydrogen) atoms. The van der Waals surface area contributed by atoms with Crippen LogP contribution in [0.4, 0.5) is 0 Å². The predicted octanol–water partition coefficient (Wildman–Crippen LogP) is 1.30. The number of aliphatic hydroxyl groups is 2. The van der Waals surface area contributed by atoms with E-state index >= 15 is 0 Å². The van der Waals surface area contributed by atoms with Crippen LogP contribution in [0.25, 0.3) is 0 Å². The van der Waals surface area contributed by atoms with E-state index in [2.05, 4.69) is 23.7 Å². The highest BCUT2D eigenvalue weighted by Gasteiger charge is 2.06. The Labute approximate surface area is 107 Å². The SMILES string of the molecule is CCCN(CCO)Cc1cc(C#CCO)cs1. The molecule has 3 nitrogen and oxygen atoms in total. The van der Waals surface area contributed by atoms with Crippen LogP contribution in [0.2, 0.25) is 0 Å². The van der Waals surface area contributed by atoms with Crippen molar-refractivity contribution in [2.24, 2.45) is 0 Å². The highest BCUT2D eigenvalue weighted by molar-refractivity contribution is 7.10. The summed E-state index contributed by atoms with van der Waals surface area (Å²) >= 11 is 1.67. The van der Waals surface area contributed by atoms with Crippen LogP contribution >= 0.6 is 11.3 Å². The third-order valence-corrected chi connectivity index (χ3v) is 3.22. The maximum Gasteiger partial charge on any atom is 0.104 e. The normalized spacial score (nSPS) is 10.4. The molecular formula is C13H19NO2S. The molecule has 1 aromatic rings. The second-order valence-electron chi connectivity index (χ2n) is 3.76. The zero-order chi connectivity index (χ0) is 12.5. The number of hydrogen-bond donors (Lipinski definition) is 2. The van der Waals surface area contributed by atoms with Crippen molar-refractivity contribution in [2.45, 2.75) is 19.9 Å². The lowest BCUT2D eigenvalue weighted by Crippen LogP contribution is -2.26. The van der Waals surface area contributed by atoms with E-state index in [1.807, 2.05) is 11.4 Å². The molecule has 0 bridgehead atoms. The molecular weight excluding hydrogens is 234 g/mol. The Morgan fingerprint density at radius 3 is 2.82 bits per heavy atom. The van der Waals surface area contributed by atoms with Gasteiger partial charge in [0, 0.05) is 28.9 Å². The van der Waals surface area contributed by atoms with Crippen molar-refractivity contribution >= 4 is 11.3 Å². The van der Waals surface area contributed by atoms with Crippen molar-refractivity contribution in [2.75, 3.05) is 26.3 Å². The van der Waals surface area contributed by atoms with Crippen LogP contribution in [0.3, 0.4) is 0 Å². The summed E-state index contributed by atoms with van der Waals surface area (Å²) in [5.41, 5.74) is 0.958. The molecule has 4 heteroatoms. The van der Waals surface area contributed by atoms with Crippen molar-refractivity contribution < 1.29 is 10.2 Å². The molecule has 0 radical (unpaired) electrons. The molecule has 0 aromatic carbocycles. The van der Waals surface area contributed by atoms with E-state index in [0.717, 1.165) is 25.1 Å². The van der Waals surface area contributed by atoms with Crippen molar-refractivity contribution in [3.63, 3.8) is 0 Å². The third kappa shape index (κ3) is 5.33. The molecule has 0 aliphatic carbocycles. The van der Waals surface area contributed by atoms with Crippen LogP contribution in [-0.2, 0) is 6.54 Å². The average molecular weight is 253 g/mol. The van der Waals surface area contributed by atoms with E-state index in [4.69, 9.17) is 10.2 Å². The zero-order valence-electron chi connectivity index (χ0n) is 10.1. The largest absolute Gasteiger partial charge is 0.395 e. The number of rotatable bonds is 6. The molecule has 94 valence electrons. The van der Waals surface area contributed by atoms with Crippen LogP contribution in [0.1, 0.15) is 23.8 Å². The molecule has 0 amide bonds. The van der Waals surface area contributed by atoms with Gasteiger partial charge in [-0.15, -0.1) is 11.3 Å². The molecule has 2 N–H and O–H groups in total. The van der Waals surface area contributed by atoms with Crippen molar-refractivity contribution in [3.05, 3.63) is 21.9 Å². The smallest absolute Gasteiger partial charge is 0.104 e. The summed E-state index contributed by atoms with van der Waals surface area (Å²) in [4.78, 5) is 3.48. The fourth-order valence-corrected chi connectivity index (χ4v) is 2.48. The van der Waals surface area contributed by atoms with Crippen molar-refractivity contribution in [3.8, 4) is 11.8 Å². The molecule has 0 aliphatic rings. The molecule has 0 saturated heterocycles. The van der Waals surface area contributed by atoms with Gasteiger partial charge in [0.15, 0.2) is 0 Å². The molecule has 0 aliphatic heterocycles. The summed E-state index contributed by atoms with van der Waals surface area (Å²) < 4.78 is 0. The van der Waals surface area contributed by atoms with Crippen LogP contribution in [0.5, 0.6) is 0 Å². The van der Waals surface area contributed by atoms with Gasteiger partial charge in [-0.3, -0.25) is 4.90 Å². The minimum atomic E-state index is -0.0996. The minimum Gasteiger partial charge on any atom is -0.395 e. The van der Waals surface area contributed by atoms with Gasteiger partial charge >= 0.3 is 0 Å². The Morgan fingerprint density at radius 2 is 2.18 bits per heavy atom. The maximum atomic E-state index is 8.97. The quantitative estimate of drug-likeness (QED) is 0.751. The highest BCUT2D eigenvalue weighted by Crippen LogP contribution is 2.16. The van der Waals surface area contributed by atoms with Crippen LogP contribution in [0, 0.1) is 11.8 Å². The fourth-order valence-electron chi connectivity index (χ4n) is 1.62. The van der Waals surface area contributed by atoms with Gasteiger partial charge < -0.3 is 10.2 Å². The van der Waals surface area contributed by atoms with Gasteiger partial charge in [0.1, 0.15) is 6.61 Å². The second kappa shape index (κ2) is 8.26. The van der Waals surface area contributed by atoms with Gasteiger partial charge in [-0.1, -0.05) is 18.8 Å². The Hall–Kier alpha value is -0.860. The molecule has 0 saturated carbocycles. The third-order valence-electron chi connectivity index (χ3n) is 2.30. The fraction of sp³-hybridized carbons (Fsp3) is 0.538. The lowest BCUT2D eigenvalue weighted by atomic mass is 10.3. The monoisotopic (exact) mass is 253 g/mol. The van der Waals surface area contributed by atoms with E-state index in [1.165, 1.54) is 4.88 Å². The topological polar surface area (TPSA) is 43.7 Å². The summed E-state index contributed by atoms with van der Waals surface area (Å²) in [5, 5.41) is 19.6. The van der Waals surface area contributed by atoms with E-state index in [1.54, 1.807) is 11.3 Å². The first-order chi connectivity index (χ1) is 8.30. The van der Waals surface area contributed by atoms with Crippen LogP contribution in [0.15, 0.2) is 11.4 Å². The Bertz CT molecular complexity index is 372. The molecule has 0 fully saturated rings. The van der Waals surface area contributed by atoms with Crippen molar-refractivity contribution in [1.82, 2.24) is 4.90 Å². The maximum absolute atomic E-state index is 8.97. The summed E-state index contributed by atoms with van der Waals surface area (Å²) in [6, 6.07) is 2.05. The zero-order valence-corrected chi connectivity index (χ0v) is 11.0. The first kappa shape index (κ1) is 14.2. The molecule has 1 rings (SSSR count). The van der Waals surface area contributed by atoms with E-state index in [0.29, 0.717) is 6.54 Å². The number of nitrogens with zero attached hydrogens (tertiary/aromatic N) is 1. The van der Waals surface area contributed by atoms with Crippen LogP contribution < -0.4 is 0 Å². The van der Waals surface area contributed by atoms with E-state index in [9.17, 15) is 0 Å². The molecule has 0 spiro atoms. The van der Waals surface area contributed by atoms with Crippen LogP contribution in [-0.4, -0.2) is 41.4 Å². The van der Waals surface area contributed by atoms with Gasteiger partial charge in [0.25, 0.3) is 0 Å². The Kier molecular flexibility index (Phi) is 6.90. The van der Waals surface area contributed by atoms with Gasteiger partial charge in [-0.2, -0.15) is 0 Å². The lowest BCUT2D eigenvalue weighted by molar-refractivity contribution is 0.191. The molecule has 0 unspecified atom stereocenters. The number of hydrogen-bond acceptors (Lipinski definition) is 4. The standard InChI is InChI=1S/C13H19NO2S/c1-2-5-14(6-8-16)10-13-9-12(11-17-13)4-3-7-15/h9,11,15-16H,2,5-8,10H2,1H3. The van der Waals surface area contributed by atoms with Gasteiger partial charge in [-0.25, -0.2) is 0 Å². The van der Waals surface area contributed by atoms with Gasteiger partial charge in [0.2, 0.25) is 0 Å². The van der Waals surface area contributed by atoms with Gasteiger partial charge in [-0.05, 0) is 19.0 Å². The van der Waals surface area contributed by atoms with E-state index in [-0.39, 0.29) is 13.2 Å². The minimum absolute atomic E-state index is 0.0996. The predicted molar refractivity (Wildman–Crippen MR) is 70.9 cm³/mol.